The predicted molar refractivity (Wildman–Crippen MR) is 80.0 cm³/mol. The van der Waals surface area contributed by atoms with Gasteiger partial charge in [0, 0.05) is 17.5 Å². The SMILES string of the molecule is Cc1c(-c2cnc(OCC(F)(F)F)c(F)c2)ncc2nnc(C(F)(F)Cl)n12. The quantitative estimate of drug-likeness (QED) is 0.482. The molecule has 0 amide bonds. The van der Waals surface area contributed by atoms with Crippen molar-refractivity contribution >= 4 is 17.2 Å². The zero-order chi connectivity index (χ0) is 20.0. The molecule has 0 fully saturated rings. The average molecular weight is 412 g/mol. The van der Waals surface area contributed by atoms with E-state index in [0.717, 1.165) is 22.9 Å². The standard InChI is InChI=1S/C14H8ClF6N5O/c1-6-10(22-4-9-24-25-12(26(6)9)14(15,20)21)7-2-8(16)11(23-3-7)27-5-13(17,18)19/h2-4H,5H2,1H3. The van der Waals surface area contributed by atoms with Crippen LogP contribution in [0.5, 0.6) is 5.88 Å². The summed E-state index contributed by atoms with van der Waals surface area (Å²) >= 11 is 5.01. The van der Waals surface area contributed by atoms with E-state index in [4.69, 9.17) is 11.6 Å². The van der Waals surface area contributed by atoms with Crippen molar-refractivity contribution in [3.63, 3.8) is 0 Å². The largest absolute Gasteiger partial charge is 0.466 e. The molecule has 0 spiro atoms. The highest BCUT2D eigenvalue weighted by Crippen LogP contribution is 2.33. The molecule has 3 rings (SSSR count). The number of hydrogen-bond donors (Lipinski definition) is 0. The Morgan fingerprint density at radius 2 is 1.81 bits per heavy atom. The number of ether oxygens (including phenoxy) is 1. The molecule has 0 atom stereocenters. The summed E-state index contributed by atoms with van der Waals surface area (Å²) in [7, 11) is 0. The van der Waals surface area contributed by atoms with E-state index in [2.05, 4.69) is 24.9 Å². The molecule has 0 saturated carbocycles. The van der Waals surface area contributed by atoms with Gasteiger partial charge in [0.2, 0.25) is 5.82 Å². The lowest BCUT2D eigenvalue weighted by Gasteiger charge is -2.12. The van der Waals surface area contributed by atoms with Crippen LogP contribution in [0.4, 0.5) is 26.3 Å². The van der Waals surface area contributed by atoms with E-state index in [0.29, 0.717) is 0 Å². The van der Waals surface area contributed by atoms with Gasteiger partial charge in [-0.3, -0.25) is 9.38 Å². The van der Waals surface area contributed by atoms with Gasteiger partial charge in [0.25, 0.3) is 5.88 Å². The molecule has 0 radical (unpaired) electrons. The van der Waals surface area contributed by atoms with Crippen molar-refractivity contribution in [3.05, 3.63) is 35.8 Å². The molecule has 0 unspecified atom stereocenters. The maximum absolute atomic E-state index is 14.0. The van der Waals surface area contributed by atoms with Gasteiger partial charge in [0.1, 0.15) is 0 Å². The Morgan fingerprint density at radius 1 is 1.11 bits per heavy atom. The molecule has 0 aliphatic carbocycles. The van der Waals surface area contributed by atoms with Gasteiger partial charge < -0.3 is 4.74 Å². The van der Waals surface area contributed by atoms with Crippen LogP contribution in [-0.2, 0) is 5.38 Å². The normalized spacial score (nSPS) is 12.6. The molecular weight excluding hydrogens is 404 g/mol. The van der Waals surface area contributed by atoms with Crippen LogP contribution in [0.15, 0.2) is 18.5 Å². The first-order valence-corrected chi connectivity index (χ1v) is 7.48. The summed E-state index contributed by atoms with van der Waals surface area (Å²) in [5.74, 6) is -2.89. The highest BCUT2D eigenvalue weighted by atomic mass is 35.5. The lowest BCUT2D eigenvalue weighted by Crippen LogP contribution is -2.20. The number of halogens is 7. The number of fused-ring (bicyclic) bond motifs is 1. The molecule has 0 bridgehead atoms. The van der Waals surface area contributed by atoms with Crippen molar-refractivity contribution in [3.8, 4) is 17.1 Å². The summed E-state index contributed by atoms with van der Waals surface area (Å²) < 4.78 is 82.6. The lowest BCUT2D eigenvalue weighted by molar-refractivity contribution is -0.154. The Labute approximate surface area is 151 Å². The monoisotopic (exact) mass is 411 g/mol. The van der Waals surface area contributed by atoms with E-state index < -0.39 is 35.7 Å². The molecule has 3 aromatic heterocycles. The first-order chi connectivity index (χ1) is 12.5. The number of hydrogen-bond acceptors (Lipinski definition) is 5. The number of aromatic nitrogens is 5. The Bertz CT molecular complexity index is 1000. The van der Waals surface area contributed by atoms with Gasteiger partial charge in [-0.1, -0.05) is 0 Å². The van der Waals surface area contributed by atoms with E-state index in [1.165, 1.54) is 6.92 Å². The highest BCUT2D eigenvalue weighted by molar-refractivity contribution is 6.21. The zero-order valence-corrected chi connectivity index (χ0v) is 14.0. The number of nitrogens with zero attached hydrogens (tertiary/aromatic N) is 5. The van der Waals surface area contributed by atoms with Gasteiger partial charge in [-0.2, -0.15) is 22.0 Å². The number of aryl methyl sites for hydroxylation is 1. The molecule has 0 aromatic carbocycles. The number of alkyl halides is 6. The molecule has 0 aliphatic heterocycles. The van der Waals surface area contributed by atoms with Crippen LogP contribution in [0.2, 0.25) is 0 Å². The first kappa shape index (κ1) is 19.1. The van der Waals surface area contributed by atoms with Crippen molar-refractivity contribution in [2.24, 2.45) is 0 Å². The molecule has 0 aliphatic rings. The molecule has 0 N–H and O–H groups in total. The molecule has 3 heterocycles. The van der Waals surface area contributed by atoms with Crippen LogP contribution in [-0.4, -0.2) is 37.3 Å². The Balaban J connectivity index is 2.03. The summed E-state index contributed by atoms with van der Waals surface area (Å²) in [6.07, 6.45) is -2.56. The first-order valence-electron chi connectivity index (χ1n) is 7.11. The Morgan fingerprint density at radius 3 is 2.41 bits per heavy atom. The van der Waals surface area contributed by atoms with Gasteiger partial charge in [-0.15, -0.1) is 10.2 Å². The van der Waals surface area contributed by atoms with Crippen LogP contribution in [0.1, 0.15) is 11.5 Å². The highest BCUT2D eigenvalue weighted by Gasteiger charge is 2.35. The summed E-state index contributed by atoms with van der Waals surface area (Å²) in [6, 6.07) is 0.822. The van der Waals surface area contributed by atoms with E-state index >= 15 is 0 Å². The molecule has 3 aromatic rings. The van der Waals surface area contributed by atoms with E-state index in [-0.39, 0.29) is 22.6 Å². The smallest absolute Gasteiger partial charge is 0.422 e. The second-order valence-corrected chi connectivity index (χ2v) is 5.80. The summed E-state index contributed by atoms with van der Waals surface area (Å²) in [6.45, 7) is -0.328. The fraction of sp³-hybridized carbons (Fsp3) is 0.286. The van der Waals surface area contributed by atoms with E-state index in [1.807, 2.05) is 0 Å². The average Bonchev–Trinajstić information content (AvgIpc) is 2.98. The maximum atomic E-state index is 14.0. The van der Waals surface area contributed by atoms with Gasteiger partial charge in [0.15, 0.2) is 18.1 Å². The molecular formula is C14H8ClF6N5O. The summed E-state index contributed by atoms with van der Waals surface area (Å²) in [5.41, 5.74) is 0.116. The van der Waals surface area contributed by atoms with Gasteiger partial charge >= 0.3 is 11.6 Å². The minimum Gasteiger partial charge on any atom is -0.466 e. The predicted octanol–water partition coefficient (Wildman–Crippen LogP) is 3.86. The van der Waals surface area contributed by atoms with Gasteiger partial charge in [0.05, 0.1) is 11.9 Å². The Kier molecular flexibility index (Phi) is 4.62. The van der Waals surface area contributed by atoms with Crippen molar-refractivity contribution in [2.75, 3.05) is 6.61 Å². The molecule has 6 nitrogen and oxygen atoms in total. The van der Waals surface area contributed by atoms with Gasteiger partial charge in [-0.05, 0) is 24.6 Å². The van der Waals surface area contributed by atoms with E-state index in [9.17, 15) is 26.3 Å². The van der Waals surface area contributed by atoms with Crippen LogP contribution in [0, 0.1) is 12.7 Å². The third-order valence-corrected chi connectivity index (χ3v) is 3.55. The van der Waals surface area contributed by atoms with Crippen LogP contribution in [0.3, 0.4) is 0 Å². The third-order valence-electron chi connectivity index (χ3n) is 3.38. The fourth-order valence-corrected chi connectivity index (χ4v) is 2.43. The van der Waals surface area contributed by atoms with Crippen molar-refractivity contribution < 1.29 is 31.1 Å². The van der Waals surface area contributed by atoms with Crippen molar-refractivity contribution in [2.45, 2.75) is 18.5 Å². The molecule has 13 heteroatoms. The number of rotatable bonds is 4. The number of pyridine rings is 1. The second-order valence-electron chi connectivity index (χ2n) is 5.32. The van der Waals surface area contributed by atoms with Crippen LogP contribution < -0.4 is 4.74 Å². The van der Waals surface area contributed by atoms with Crippen LogP contribution in [0.25, 0.3) is 16.9 Å². The second kappa shape index (κ2) is 6.51. The minimum absolute atomic E-state index is 0.0174. The Hall–Kier alpha value is -2.63. The van der Waals surface area contributed by atoms with Crippen LogP contribution >= 0.6 is 11.6 Å². The summed E-state index contributed by atoms with van der Waals surface area (Å²) in [4.78, 5) is 7.48. The van der Waals surface area contributed by atoms with E-state index in [1.54, 1.807) is 0 Å². The summed E-state index contributed by atoms with van der Waals surface area (Å²) in [5, 5.41) is 3.03. The van der Waals surface area contributed by atoms with Crippen molar-refractivity contribution in [1.29, 1.82) is 0 Å². The zero-order valence-electron chi connectivity index (χ0n) is 13.2. The van der Waals surface area contributed by atoms with Gasteiger partial charge in [-0.25, -0.2) is 9.37 Å². The third kappa shape index (κ3) is 3.89. The lowest BCUT2D eigenvalue weighted by atomic mass is 10.1. The fourth-order valence-electron chi connectivity index (χ4n) is 2.31. The molecule has 0 saturated heterocycles. The molecule has 27 heavy (non-hydrogen) atoms. The minimum atomic E-state index is -4.66. The van der Waals surface area contributed by atoms with Crippen molar-refractivity contribution in [1.82, 2.24) is 24.6 Å². The topological polar surface area (TPSA) is 65.2 Å². The maximum Gasteiger partial charge on any atom is 0.422 e. The molecule has 144 valence electrons.